The Bertz CT molecular complexity index is 491. The smallest absolute Gasteiger partial charge is 0.220 e. The highest BCUT2D eigenvalue weighted by atomic mass is 32.2. The van der Waals surface area contributed by atoms with Crippen molar-refractivity contribution in [2.24, 2.45) is 0 Å². The van der Waals surface area contributed by atoms with Crippen molar-refractivity contribution in [3.63, 3.8) is 0 Å². The Morgan fingerprint density at radius 1 is 1.29 bits per heavy atom. The van der Waals surface area contributed by atoms with Gasteiger partial charge in [-0.15, -0.1) is 0 Å². The summed E-state index contributed by atoms with van der Waals surface area (Å²) in [5.74, 6) is -0.0234. The van der Waals surface area contributed by atoms with Crippen LogP contribution in [0.2, 0.25) is 0 Å². The number of sulfone groups is 1. The Morgan fingerprint density at radius 3 is 2.24 bits per heavy atom. The third-order valence-corrected chi connectivity index (χ3v) is 3.64. The molecule has 0 saturated heterocycles. The van der Waals surface area contributed by atoms with Crippen LogP contribution in [0, 0.1) is 0 Å². The van der Waals surface area contributed by atoms with Gasteiger partial charge in [-0.1, -0.05) is 19.1 Å². The molecule has 0 radical (unpaired) electrons. The molecule has 1 atom stereocenters. The molecule has 0 saturated carbocycles. The molecule has 0 spiro atoms. The molecule has 1 N–H and O–H groups in total. The van der Waals surface area contributed by atoms with E-state index in [-0.39, 0.29) is 16.8 Å². The van der Waals surface area contributed by atoms with Crippen LogP contribution in [0.5, 0.6) is 0 Å². The zero-order chi connectivity index (χ0) is 13.1. The second-order valence-corrected chi connectivity index (χ2v) is 6.00. The normalized spacial score (nSPS) is 13.1. The summed E-state index contributed by atoms with van der Waals surface area (Å²) in [6.45, 7) is 3.65. The van der Waals surface area contributed by atoms with Crippen molar-refractivity contribution in [3.8, 4) is 0 Å². The monoisotopic (exact) mass is 255 g/mol. The van der Waals surface area contributed by atoms with Crippen molar-refractivity contribution in [2.45, 2.75) is 31.2 Å². The number of rotatable bonds is 4. The van der Waals surface area contributed by atoms with E-state index in [9.17, 15) is 13.2 Å². The summed E-state index contributed by atoms with van der Waals surface area (Å²) in [4.78, 5) is 11.5. The molecule has 0 aromatic heterocycles. The van der Waals surface area contributed by atoms with Gasteiger partial charge in [-0.25, -0.2) is 8.42 Å². The molecule has 4 nitrogen and oxygen atoms in total. The third-order valence-electron chi connectivity index (χ3n) is 2.51. The zero-order valence-corrected chi connectivity index (χ0v) is 11.0. The number of carbonyl (C=O) groups excluding carboxylic acids is 1. The SMILES string of the molecule is CCC(=O)N[C@H](C)c1ccc(S(C)(=O)=O)cc1. The van der Waals surface area contributed by atoms with Crippen LogP contribution in [0.4, 0.5) is 0 Å². The fraction of sp³-hybridized carbons (Fsp3) is 0.417. The van der Waals surface area contributed by atoms with E-state index in [2.05, 4.69) is 5.32 Å². The first-order valence-electron chi connectivity index (χ1n) is 5.44. The van der Waals surface area contributed by atoms with Gasteiger partial charge >= 0.3 is 0 Å². The number of benzene rings is 1. The van der Waals surface area contributed by atoms with Crippen molar-refractivity contribution in [3.05, 3.63) is 29.8 Å². The van der Waals surface area contributed by atoms with Crippen LogP contribution in [0.25, 0.3) is 0 Å². The molecule has 0 aliphatic carbocycles. The van der Waals surface area contributed by atoms with E-state index in [1.54, 1.807) is 31.2 Å². The number of amides is 1. The highest BCUT2D eigenvalue weighted by Gasteiger charge is 2.10. The second-order valence-electron chi connectivity index (χ2n) is 3.98. The zero-order valence-electron chi connectivity index (χ0n) is 10.2. The molecule has 1 rings (SSSR count). The maximum absolute atomic E-state index is 11.3. The lowest BCUT2D eigenvalue weighted by molar-refractivity contribution is -0.121. The molecule has 0 heterocycles. The van der Waals surface area contributed by atoms with Crippen LogP contribution < -0.4 is 5.32 Å². The highest BCUT2D eigenvalue weighted by Crippen LogP contribution is 2.16. The van der Waals surface area contributed by atoms with E-state index in [1.165, 1.54) is 6.26 Å². The third kappa shape index (κ3) is 3.85. The number of carbonyl (C=O) groups is 1. The lowest BCUT2D eigenvalue weighted by atomic mass is 10.1. The lowest BCUT2D eigenvalue weighted by Crippen LogP contribution is -2.25. The van der Waals surface area contributed by atoms with Crippen LogP contribution in [0.1, 0.15) is 31.9 Å². The van der Waals surface area contributed by atoms with Crippen molar-refractivity contribution in [1.82, 2.24) is 5.32 Å². The summed E-state index contributed by atoms with van der Waals surface area (Å²) >= 11 is 0. The van der Waals surface area contributed by atoms with Crippen LogP contribution in [0.15, 0.2) is 29.2 Å². The first kappa shape index (κ1) is 13.7. The van der Waals surface area contributed by atoms with Crippen LogP contribution in [0.3, 0.4) is 0 Å². The van der Waals surface area contributed by atoms with Crippen molar-refractivity contribution in [1.29, 1.82) is 0 Å². The van der Waals surface area contributed by atoms with Gasteiger partial charge in [0.1, 0.15) is 0 Å². The Hall–Kier alpha value is -1.36. The molecule has 17 heavy (non-hydrogen) atoms. The van der Waals surface area contributed by atoms with Crippen molar-refractivity contribution in [2.75, 3.05) is 6.26 Å². The second kappa shape index (κ2) is 5.31. The average Bonchev–Trinajstić information content (AvgIpc) is 2.27. The fourth-order valence-electron chi connectivity index (χ4n) is 1.43. The summed E-state index contributed by atoms with van der Waals surface area (Å²) in [7, 11) is -3.16. The van der Waals surface area contributed by atoms with Crippen LogP contribution in [-0.2, 0) is 14.6 Å². The summed E-state index contributed by atoms with van der Waals surface area (Å²) in [5.41, 5.74) is 0.888. The Kier molecular flexibility index (Phi) is 4.28. The van der Waals surface area contributed by atoms with E-state index in [0.717, 1.165) is 5.56 Å². The molecule has 0 fully saturated rings. The average molecular weight is 255 g/mol. The van der Waals surface area contributed by atoms with Gasteiger partial charge in [0.25, 0.3) is 0 Å². The topological polar surface area (TPSA) is 63.2 Å². The largest absolute Gasteiger partial charge is 0.350 e. The molecular weight excluding hydrogens is 238 g/mol. The fourth-order valence-corrected chi connectivity index (χ4v) is 2.06. The highest BCUT2D eigenvalue weighted by molar-refractivity contribution is 7.90. The Balaban J connectivity index is 2.84. The van der Waals surface area contributed by atoms with Gasteiger partial charge in [0.15, 0.2) is 9.84 Å². The van der Waals surface area contributed by atoms with E-state index >= 15 is 0 Å². The first-order valence-corrected chi connectivity index (χ1v) is 7.33. The molecule has 1 aromatic carbocycles. The van der Waals surface area contributed by atoms with E-state index in [0.29, 0.717) is 6.42 Å². The molecule has 0 aliphatic heterocycles. The van der Waals surface area contributed by atoms with E-state index in [1.807, 2.05) is 6.92 Å². The van der Waals surface area contributed by atoms with Gasteiger partial charge in [-0.2, -0.15) is 0 Å². The maximum Gasteiger partial charge on any atom is 0.220 e. The molecule has 5 heteroatoms. The summed E-state index contributed by atoms with van der Waals surface area (Å²) < 4.78 is 22.5. The van der Waals surface area contributed by atoms with Gasteiger partial charge in [0.2, 0.25) is 5.91 Å². The van der Waals surface area contributed by atoms with Gasteiger partial charge < -0.3 is 5.32 Å². The van der Waals surface area contributed by atoms with E-state index in [4.69, 9.17) is 0 Å². The Labute approximate surface area is 102 Å². The number of nitrogens with one attached hydrogen (secondary N) is 1. The molecule has 0 bridgehead atoms. The van der Waals surface area contributed by atoms with Gasteiger partial charge in [0, 0.05) is 12.7 Å². The van der Waals surface area contributed by atoms with Gasteiger partial charge in [-0.05, 0) is 24.6 Å². The van der Waals surface area contributed by atoms with Crippen LogP contribution in [-0.4, -0.2) is 20.6 Å². The predicted molar refractivity (Wildman–Crippen MR) is 66.4 cm³/mol. The number of hydrogen-bond acceptors (Lipinski definition) is 3. The molecule has 1 amide bonds. The van der Waals surface area contributed by atoms with E-state index < -0.39 is 9.84 Å². The molecular formula is C12H17NO3S. The minimum atomic E-state index is -3.16. The molecule has 0 aliphatic rings. The first-order chi connectivity index (χ1) is 7.84. The van der Waals surface area contributed by atoms with Crippen molar-refractivity contribution >= 4 is 15.7 Å². The summed E-state index contributed by atoms with van der Waals surface area (Å²) in [5, 5.41) is 2.82. The molecule has 94 valence electrons. The standard InChI is InChI=1S/C12H17NO3S/c1-4-12(14)13-9(2)10-5-7-11(8-6-10)17(3,15)16/h5-9H,4H2,1-3H3,(H,13,14)/t9-/m1/s1. The lowest BCUT2D eigenvalue weighted by Gasteiger charge is -2.13. The molecule has 0 unspecified atom stereocenters. The van der Waals surface area contributed by atoms with Crippen LogP contribution >= 0.6 is 0 Å². The van der Waals surface area contributed by atoms with Gasteiger partial charge in [0.05, 0.1) is 10.9 Å². The number of hydrogen-bond donors (Lipinski definition) is 1. The minimum Gasteiger partial charge on any atom is -0.350 e. The Morgan fingerprint density at radius 2 is 1.82 bits per heavy atom. The maximum atomic E-state index is 11.3. The molecule has 1 aromatic rings. The van der Waals surface area contributed by atoms with Crippen molar-refractivity contribution < 1.29 is 13.2 Å². The summed E-state index contributed by atoms with van der Waals surface area (Å²) in [6.07, 6.45) is 1.61. The minimum absolute atomic E-state index is 0.0234. The summed E-state index contributed by atoms with van der Waals surface area (Å²) in [6, 6.07) is 6.43. The van der Waals surface area contributed by atoms with Gasteiger partial charge in [-0.3, -0.25) is 4.79 Å². The quantitative estimate of drug-likeness (QED) is 0.890. The predicted octanol–water partition coefficient (Wildman–Crippen LogP) is 1.68.